The van der Waals surface area contributed by atoms with E-state index in [1.54, 1.807) is 18.3 Å². The maximum atomic E-state index is 14.7. The molecule has 0 spiro atoms. The van der Waals surface area contributed by atoms with Crippen LogP contribution in [0.2, 0.25) is 0 Å². The highest BCUT2D eigenvalue weighted by atomic mass is 32.2. The fraction of sp³-hybridized carbons (Fsp3) is 0.381. The summed E-state index contributed by atoms with van der Waals surface area (Å²) in [4.78, 5) is 8.56. The van der Waals surface area contributed by atoms with Gasteiger partial charge < -0.3 is 4.72 Å². The first-order chi connectivity index (χ1) is 13.6. The molecule has 0 radical (unpaired) electrons. The Bertz CT molecular complexity index is 943. The van der Waals surface area contributed by atoms with Crippen LogP contribution in [0.15, 0.2) is 41.8 Å². The van der Waals surface area contributed by atoms with Gasteiger partial charge in [-0.25, -0.2) is 14.4 Å². The maximum Gasteiger partial charge on any atom is 0.139 e. The number of hydrogen-bond acceptors (Lipinski definition) is 5. The predicted octanol–water partition coefficient (Wildman–Crippen LogP) is 5.20. The van der Waals surface area contributed by atoms with Gasteiger partial charge in [-0.2, -0.15) is 5.10 Å². The molecule has 2 unspecified atom stereocenters. The summed E-state index contributed by atoms with van der Waals surface area (Å²) in [6.07, 6.45) is 9.57. The largest absolute Gasteiger partial charge is 0.310 e. The van der Waals surface area contributed by atoms with Crippen LogP contribution in [0, 0.1) is 25.6 Å². The van der Waals surface area contributed by atoms with Crippen LogP contribution in [-0.2, 0) is 6.42 Å². The molecule has 2 heterocycles. The molecule has 0 bridgehead atoms. The number of hydrogen-bond donors (Lipinski definition) is 2. The molecule has 0 amide bonds. The molecule has 4 rings (SSSR count). The van der Waals surface area contributed by atoms with Gasteiger partial charge in [0.1, 0.15) is 18.0 Å². The Balaban J connectivity index is 1.48. The summed E-state index contributed by atoms with van der Waals surface area (Å²) in [7, 11) is 0. The SMILES string of the molecule is Cc1cc(SNc2ccncn2)c(F)cc1CC1CCCC1c1cn[nH]c1C. The second kappa shape index (κ2) is 8.31. The molecule has 2 aromatic heterocycles. The van der Waals surface area contributed by atoms with Crippen molar-refractivity contribution < 1.29 is 4.39 Å². The van der Waals surface area contributed by atoms with Crippen molar-refractivity contribution in [3.05, 3.63) is 65.1 Å². The normalized spacial score (nSPS) is 19.1. The second-order valence-corrected chi connectivity index (χ2v) is 8.31. The van der Waals surface area contributed by atoms with Crippen molar-refractivity contribution in [3.8, 4) is 0 Å². The Morgan fingerprint density at radius 1 is 1.29 bits per heavy atom. The van der Waals surface area contributed by atoms with Crippen molar-refractivity contribution in [2.75, 3.05) is 4.72 Å². The number of nitrogens with one attached hydrogen (secondary N) is 2. The minimum Gasteiger partial charge on any atom is -0.310 e. The number of anilines is 1. The van der Waals surface area contributed by atoms with Gasteiger partial charge in [0.05, 0.1) is 11.1 Å². The number of aromatic amines is 1. The van der Waals surface area contributed by atoms with E-state index >= 15 is 0 Å². The van der Waals surface area contributed by atoms with Crippen molar-refractivity contribution in [1.82, 2.24) is 20.2 Å². The molecule has 1 aromatic carbocycles. The fourth-order valence-corrected chi connectivity index (χ4v) is 4.89. The lowest BCUT2D eigenvalue weighted by molar-refractivity contribution is 0.477. The molecular weight excluding hydrogens is 373 g/mol. The molecule has 146 valence electrons. The quantitative estimate of drug-likeness (QED) is 0.560. The third kappa shape index (κ3) is 4.04. The number of aryl methyl sites for hydroxylation is 2. The van der Waals surface area contributed by atoms with Gasteiger partial charge in [0.2, 0.25) is 0 Å². The van der Waals surface area contributed by atoms with E-state index < -0.39 is 0 Å². The summed E-state index contributed by atoms with van der Waals surface area (Å²) >= 11 is 1.24. The first-order valence-corrected chi connectivity index (χ1v) is 10.4. The summed E-state index contributed by atoms with van der Waals surface area (Å²) in [6, 6.07) is 5.39. The molecule has 5 nitrogen and oxygen atoms in total. The zero-order chi connectivity index (χ0) is 19.5. The monoisotopic (exact) mass is 397 g/mol. The van der Waals surface area contributed by atoms with Crippen LogP contribution >= 0.6 is 11.9 Å². The Morgan fingerprint density at radius 3 is 2.93 bits per heavy atom. The van der Waals surface area contributed by atoms with E-state index in [2.05, 4.69) is 38.7 Å². The molecule has 1 aliphatic carbocycles. The third-order valence-corrected chi connectivity index (χ3v) is 6.49. The van der Waals surface area contributed by atoms with Crippen molar-refractivity contribution in [2.24, 2.45) is 5.92 Å². The van der Waals surface area contributed by atoms with Gasteiger partial charge in [-0.3, -0.25) is 5.10 Å². The molecule has 3 aromatic rings. The molecule has 0 aliphatic heterocycles. The van der Waals surface area contributed by atoms with Crippen molar-refractivity contribution in [1.29, 1.82) is 0 Å². The van der Waals surface area contributed by atoms with E-state index in [9.17, 15) is 4.39 Å². The molecule has 2 N–H and O–H groups in total. The molecule has 1 fully saturated rings. The predicted molar refractivity (Wildman–Crippen MR) is 110 cm³/mol. The Labute approximate surface area is 168 Å². The minimum atomic E-state index is -0.193. The second-order valence-electron chi connectivity index (χ2n) is 7.46. The van der Waals surface area contributed by atoms with Crippen molar-refractivity contribution >= 4 is 17.8 Å². The highest BCUT2D eigenvalue weighted by Crippen LogP contribution is 2.42. The van der Waals surface area contributed by atoms with Crippen LogP contribution in [0.4, 0.5) is 10.2 Å². The summed E-state index contributed by atoms with van der Waals surface area (Å²) in [5.74, 6) is 1.51. The Kier molecular flexibility index (Phi) is 5.62. The van der Waals surface area contributed by atoms with Crippen molar-refractivity contribution in [3.63, 3.8) is 0 Å². The smallest absolute Gasteiger partial charge is 0.139 e. The van der Waals surface area contributed by atoms with Gasteiger partial charge in [0.15, 0.2) is 0 Å². The standard InChI is InChI=1S/C21H24FN5S/c1-13-8-20(28-27-21-6-7-23-12-24-21)19(22)10-16(13)9-15-4-3-5-17(15)18-11-25-26-14(18)2/h6-8,10-12,15,17H,3-5,9H2,1-2H3,(H,25,26)(H,23,24,27). The molecule has 7 heteroatoms. The molecule has 1 saturated carbocycles. The van der Waals surface area contributed by atoms with E-state index in [0.29, 0.717) is 22.5 Å². The topological polar surface area (TPSA) is 66.5 Å². The zero-order valence-corrected chi connectivity index (χ0v) is 16.9. The van der Waals surface area contributed by atoms with Crippen LogP contribution < -0.4 is 4.72 Å². The van der Waals surface area contributed by atoms with Crippen LogP contribution in [0.5, 0.6) is 0 Å². The summed E-state index contributed by atoms with van der Waals surface area (Å²) < 4.78 is 17.8. The first-order valence-electron chi connectivity index (χ1n) is 9.59. The Hall–Kier alpha value is -2.41. The number of rotatable bonds is 6. The van der Waals surface area contributed by atoms with Gasteiger partial charge in [-0.05, 0) is 91.8 Å². The highest BCUT2D eigenvalue weighted by Gasteiger charge is 2.31. The molecular formula is C21H24FN5S. The van der Waals surface area contributed by atoms with E-state index in [1.165, 1.54) is 43.1 Å². The number of benzene rings is 1. The molecule has 1 aliphatic rings. The first kappa shape index (κ1) is 18.9. The molecule has 0 saturated heterocycles. The Morgan fingerprint density at radius 2 is 2.18 bits per heavy atom. The van der Waals surface area contributed by atoms with Crippen LogP contribution in [0.25, 0.3) is 0 Å². The highest BCUT2D eigenvalue weighted by molar-refractivity contribution is 8.00. The van der Waals surface area contributed by atoms with Crippen molar-refractivity contribution in [2.45, 2.75) is 50.3 Å². The summed E-state index contributed by atoms with van der Waals surface area (Å²) in [5, 5.41) is 7.25. The van der Waals surface area contributed by atoms with E-state index in [0.717, 1.165) is 23.2 Å². The lowest BCUT2D eigenvalue weighted by Crippen LogP contribution is -2.11. The van der Waals surface area contributed by atoms with E-state index in [-0.39, 0.29) is 5.82 Å². The van der Waals surface area contributed by atoms with E-state index in [1.807, 2.05) is 12.3 Å². The van der Waals surface area contributed by atoms with Crippen LogP contribution in [0.1, 0.15) is 47.6 Å². The number of halogens is 1. The van der Waals surface area contributed by atoms with Gasteiger partial charge in [0, 0.05) is 11.9 Å². The van der Waals surface area contributed by atoms with E-state index in [4.69, 9.17) is 0 Å². The zero-order valence-electron chi connectivity index (χ0n) is 16.1. The summed E-state index contributed by atoms with van der Waals surface area (Å²) in [6.45, 7) is 4.15. The number of nitrogens with zero attached hydrogens (tertiary/aromatic N) is 3. The average molecular weight is 398 g/mol. The van der Waals surface area contributed by atoms with Gasteiger partial charge >= 0.3 is 0 Å². The van der Waals surface area contributed by atoms with Crippen LogP contribution in [0.3, 0.4) is 0 Å². The lowest BCUT2D eigenvalue weighted by Gasteiger charge is -2.21. The average Bonchev–Trinajstić information content (AvgIpc) is 3.32. The maximum absolute atomic E-state index is 14.7. The number of H-pyrrole nitrogens is 1. The molecule has 28 heavy (non-hydrogen) atoms. The van der Waals surface area contributed by atoms with Gasteiger partial charge in [-0.1, -0.05) is 6.42 Å². The van der Waals surface area contributed by atoms with Crippen LogP contribution in [-0.4, -0.2) is 20.2 Å². The lowest BCUT2D eigenvalue weighted by atomic mass is 9.84. The van der Waals surface area contributed by atoms with Gasteiger partial charge in [-0.15, -0.1) is 0 Å². The minimum absolute atomic E-state index is 0.193. The third-order valence-electron chi connectivity index (χ3n) is 5.65. The summed E-state index contributed by atoms with van der Waals surface area (Å²) in [5.41, 5.74) is 4.70. The van der Waals surface area contributed by atoms with Gasteiger partial charge in [0.25, 0.3) is 0 Å². The number of aromatic nitrogens is 4. The molecule has 2 atom stereocenters. The fourth-order valence-electron chi connectivity index (χ4n) is 4.16.